The van der Waals surface area contributed by atoms with Gasteiger partial charge in [-0.15, -0.1) is 0 Å². The van der Waals surface area contributed by atoms with Crippen LogP contribution in [0.25, 0.3) is 0 Å². The summed E-state index contributed by atoms with van der Waals surface area (Å²) in [4.78, 5) is 0. The van der Waals surface area contributed by atoms with Crippen molar-refractivity contribution in [3.8, 4) is 0 Å². The maximum atomic E-state index is 8.53. The molecule has 0 radical (unpaired) electrons. The number of aliphatic hydroxyl groups is 1. The van der Waals surface area contributed by atoms with E-state index in [0.29, 0.717) is 12.7 Å². The predicted octanol–water partition coefficient (Wildman–Crippen LogP) is 2.35. The molecule has 0 amide bonds. The molecular weight excluding hydrogens is 152 g/mol. The average Bonchev–Trinajstić information content (AvgIpc) is 2.11. The monoisotopic (exact) mass is 174 g/mol. The molecule has 12 heavy (non-hydrogen) atoms. The molecule has 0 aliphatic rings. The zero-order valence-corrected chi connectivity index (χ0v) is 8.38. The summed E-state index contributed by atoms with van der Waals surface area (Å²) in [5.41, 5.74) is 0. The molecule has 0 bridgehead atoms. The highest BCUT2D eigenvalue weighted by molar-refractivity contribution is 4.51. The number of unbranched alkanes of at least 4 members (excludes halogenated alkanes) is 2. The Morgan fingerprint density at radius 2 is 1.75 bits per heavy atom. The molecule has 74 valence electrons. The van der Waals surface area contributed by atoms with E-state index in [9.17, 15) is 0 Å². The first-order valence-electron chi connectivity index (χ1n) is 5.07. The average molecular weight is 174 g/mol. The Morgan fingerprint density at radius 3 is 2.25 bits per heavy atom. The molecule has 1 N–H and O–H groups in total. The summed E-state index contributed by atoms with van der Waals surface area (Å²) in [7, 11) is 0. The van der Waals surface area contributed by atoms with E-state index in [1.165, 1.54) is 0 Å². The minimum absolute atomic E-state index is 0.311. The smallest absolute Gasteiger partial charge is 0.0569 e. The van der Waals surface area contributed by atoms with Gasteiger partial charge in [0.25, 0.3) is 0 Å². The highest BCUT2D eigenvalue weighted by Crippen LogP contribution is 2.04. The van der Waals surface area contributed by atoms with Crippen LogP contribution >= 0.6 is 0 Å². The zero-order valence-electron chi connectivity index (χ0n) is 8.38. The topological polar surface area (TPSA) is 29.5 Å². The molecule has 0 aromatic heterocycles. The second kappa shape index (κ2) is 9.01. The van der Waals surface area contributed by atoms with Gasteiger partial charge in [-0.1, -0.05) is 13.8 Å². The third-order valence-electron chi connectivity index (χ3n) is 2.07. The van der Waals surface area contributed by atoms with Gasteiger partial charge in [0.2, 0.25) is 0 Å². The largest absolute Gasteiger partial charge is 0.396 e. The van der Waals surface area contributed by atoms with Crippen molar-refractivity contribution in [3.05, 3.63) is 0 Å². The van der Waals surface area contributed by atoms with Crippen molar-refractivity contribution in [1.29, 1.82) is 0 Å². The molecule has 0 saturated heterocycles. The van der Waals surface area contributed by atoms with E-state index in [4.69, 9.17) is 9.84 Å². The van der Waals surface area contributed by atoms with Crippen LogP contribution in [0.15, 0.2) is 0 Å². The van der Waals surface area contributed by atoms with Crippen molar-refractivity contribution in [2.45, 2.75) is 52.1 Å². The number of rotatable bonds is 8. The number of hydrogen-bond donors (Lipinski definition) is 1. The quantitative estimate of drug-likeness (QED) is 0.572. The fraction of sp³-hybridized carbons (Fsp3) is 1.00. The molecule has 0 aliphatic carbocycles. The lowest BCUT2D eigenvalue weighted by Gasteiger charge is -2.13. The van der Waals surface area contributed by atoms with Crippen LogP contribution in [0.4, 0.5) is 0 Å². The van der Waals surface area contributed by atoms with E-state index < -0.39 is 0 Å². The standard InChI is InChI=1S/C10H22O2/c1-3-10(4-2)12-9-7-5-6-8-11/h10-11H,3-9H2,1-2H3. The Hall–Kier alpha value is -0.0800. The van der Waals surface area contributed by atoms with Crippen molar-refractivity contribution < 1.29 is 9.84 Å². The molecule has 0 unspecified atom stereocenters. The minimum Gasteiger partial charge on any atom is -0.396 e. The van der Waals surface area contributed by atoms with E-state index in [1.807, 2.05) is 0 Å². The van der Waals surface area contributed by atoms with Crippen LogP contribution in [0.3, 0.4) is 0 Å². The molecule has 0 atom stereocenters. The zero-order chi connectivity index (χ0) is 9.23. The van der Waals surface area contributed by atoms with Gasteiger partial charge >= 0.3 is 0 Å². The van der Waals surface area contributed by atoms with Crippen molar-refractivity contribution >= 4 is 0 Å². The second-order valence-corrected chi connectivity index (χ2v) is 3.09. The predicted molar refractivity (Wildman–Crippen MR) is 51.3 cm³/mol. The third-order valence-corrected chi connectivity index (χ3v) is 2.07. The van der Waals surface area contributed by atoms with Crippen LogP contribution < -0.4 is 0 Å². The van der Waals surface area contributed by atoms with Gasteiger partial charge in [-0.2, -0.15) is 0 Å². The van der Waals surface area contributed by atoms with Gasteiger partial charge in [-0.05, 0) is 32.1 Å². The van der Waals surface area contributed by atoms with Gasteiger partial charge in [0.05, 0.1) is 6.10 Å². The fourth-order valence-electron chi connectivity index (χ4n) is 1.17. The Balaban J connectivity index is 3.06. The van der Waals surface area contributed by atoms with Gasteiger partial charge < -0.3 is 9.84 Å². The SMILES string of the molecule is CCC(CC)OCCCCCO. The van der Waals surface area contributed by atoms with Gasteiger partial charge in [-0.25, -0.2) is 0 Å². The van der Waals surface area contributed by atoms with E-state index in [2.05, 4.69) is 13.8 Å². The van der Waals surface area contributed by atoms with Crippen LogP contribution in [0.1, 0.15) is 46.0 Å². The minimum atomic E-state index is 0.311. The van der Waals surface area contributed by atoms with Crippen LogP contribution in [-0.4, -0.2) is 24.4 Å². The van der Waals surface area contributed by atoms with Crippen LogP contribution in [0, 0.1) is 0 Å². The number of ether oxygens (including phenoxy) is 1. The Labute approximate surface area is 75.9 Å². The molecule has 0 fully saturated rings. The number of aliphatic hydroxyl groups excluding tert-OH is 1. The summed E-state index contributed by atoms with van der Waals surface area (Å²) in [5, 5.41) is 8.53. The Bertz CT molecular complexity index is 79.9. The summed E-state index contributed by atoms with van der Waals surface area (Å²) < 4.78 is 5.61. The lowest BCUT2D eigenvalue weighted by molar-refractivity contribution is 0.0452. The van der Waals surface area contributed by atoms with Gasteiger partial charge in [0.1, 0.15) is 0 Å². The van der Waals surface area contributed by atoms with Crippen molar-refractivity contribution in [2.75, 3.05) is 13.2 Å². The van der Waals surface area contributed by atoms with E-state index >= 15 is 0 Å². The molecule has 0 aromatic carbocycles. The molecule has 0 aliphatic heterocycles. The maximum absolute atomic E-state index is 8.53. The molecule has 2 nitrogen and oxygen atoms in total. The highest BCUT2D eigenvalue weighted by atomic mass is 16.5. The Morgan fingerprint density at radius 1 is 1.08 bits per heavy atom. The molecule has 2 heteroatoms. The summed E-state index contributed by atoms with van der Waals surface area (Å²) in [6.45, 7) is 5.47. The van der Waals surface area contributed by atoms with Gasteiger partial charge in [0.15, 0.2) is 0 Å². The summed E-state index contributed by atoms with van der Waals surface area (Å²) in [6, 6.07) is 0. The van der Waals surface area contributed by atoms with E-state index in [-0.39, 0.29) is 0 Å². The first kappa shape index (κ1) is 11.9. The van der Waals surface area contributed by atoms with Gasteiger partial charge in [-0.3, -0.25) is 0 Å². The molecule has 0 rings (SSSR count). The van der Waals surface area contributed by atoms with Crippen molar-refractivity contribution in [3.63, 3.8) is 0 Å². The summed E-state index contributed by atoms with van der Waals surface area (Å²) in [5.74, 6) is 0. The summed E-state index contributed by atoms with van der Waals surface area (Å²) >= 11 is 0. The van der Waals surface area contributed by atoms with Gasteiger partial charge in [0, 0.05) is 13.2 Å². The summed E-state index contributed by atoms with van der Waals surface area (Å²) in [6.07, 6.45) is 5.73. The fourth-order valence-corrected chi connectivity index (χ4v) is 1.17. The highest BCUT2D eigenvalue weighted by Gasteiger charge is 2.01. The molecule has 0 aromatic rings. The maximum Gasteiger partial charge on any atom is 0.0569 e. The van der Waals surface area contributed by atoms with Crippen molar-refractivity contribution in [2.24, 2.45) is 0 Å². The van der Waals surface area contributed by atoms with Crippen LogP contribution in [-0.2, 0) is 4.74 Å². The lowest BCUT2D eigenvalue weighted by atomic mass is 10.2. The van der Waals surface area contributed by atoms with Crippen molar-refractivity contribution in [1.82, 2.24) is 0 Å². The number of hydrogen-bond acceptors (Lipinski definition) is 2. The molecular formula is C10H22O2. The molecule has 0 spiro atoms. The molecule has 0 saturated carbocycles. The second-order valence-electron chi connectivity index (χ2n) is 3.09. The van der Waals surface area contributed by atoms with E-state index in [1.54, 1.807) is 0 Å². The normalized spacial score (nSPS) is 11.0. The van der Waals surface area contributed by atoms with Crippen LogP contribution in [0.5, 0.6) is 0 Å². The third kappa shape index (κ3) is 6.62. The first-order chi connectivity index (χ1) is 5.85. The van der Waals surface area contributed by atoms with Crippen LogP contribution in [0.2, 0.25) is 0 Å². The Kier molecular flexibility index (Phi) is 8.95. The lowest BCUT2D eigenvalue weighted by Crippen LogP contribution is -2.11. The molecule has 0 heterocycles. The first-order valence-corrected chi connectivity index (χ1v) is 5.07. The van der Waals surface area contributed by atoms with E-state index in [0.717, 1.165) is 38.7 Å².